The molecule has 0 atom stereocenters. The van der Waals surface area contributed by atoms with Gasteiger partial charge in [0.25, 0.3) is 0 Å². The van der Waals surface area contributed by atoms with Gasteiger partial charge in [-0.15, -0.1) is 0 Å². The summed E-state index contributed by atoms with van der Waals surface area (Å²) in [5.74, 6) is 0. The maximum absolute atomic E-state index is 5.65. The highest BCUT2D eigenvalue weighted by Gasteiger charge is 2.16. The smallest absolute Gasteiger partial charge is 0.0629 e. The van der Waals surface area contributed by atoms with Crippen LogP contribution in [0.2, 0.25) is 0 Å². The summed E-state index contributed by atoms with van der Waals surface area (Å²) in [7, 11) is 0. The first-order valence-corrected chi connectivity index (χ1v) is 6.49. The molecular formula is C12H23BrO. The van der Waals surface area contributed by atoms with Gasteiger partial charge in [0, 0.05) is 11.9 Å². The first kappa shape index (κ1) is 14.2. The van der Waals surface area contributed by atoms with Crippen molar-refractivity contribution in [3.63, 3.8) is 0 Å². The van der Waals surface area contributed by atoms with E-state index in [1.54, 1.807) is 0 Å². The summed E-state index contributed by atoms with van der Waals surface area (Å²) in [6.07, 6.45) is 5.67. The van der Waals surface area contributed by atoms with Crippen molar-refractivity contribution >= 4 is 15.9 Å². The molecule has 1 nitrogen and oxygen atoms in total. The van der Waals surface area contributed by atoms with Crippen LogP contribution in [0.1, 0.15) is 47.0 Å². The minimum Gasteiger partial charge on any atom is -0.376 e. The molecule has 0 heterocycles. The molecule has 0 aliphatic rings. The van der Waals surface area contributed by atoms with Gasteiger partial charge in [0.1, 0.15) is 0 Å². The van der Waals surface area contributed by atoms with Crippen LogP contribution in [-0.2, 0) is 4.74 Å². The van der Waals surface area contributed by atoms with Crippen molar-refractivity contribution < 1.29 is 4.74 Å². The van der Waals surface area contributed by atoms with Gasteiger partial charge in [0.05, 0.1) is 5.60 Å². The van der Waals surface area contributed by atoms with Crippen molar-refractivity contribution in [2.24, 2.45) is 0 Å². The van der Waals surface area contributed by atoms with Crippen molar-refractivity contribution in [1.82, 2.24) is 0 Å². The van der Waals surface area contributed by atoms with Crippen LogP contribution < -0.4 is 0 Å². The molecule has 0 aliphatic carbocycles. The second kappa shape index (κ2) is 7.47. The van der Waals surface area contributed by atoms with Gasteiger partial charge in [-0.25, -0.2) is 0 Å². The Hall–Kier alpha value is 0.180. The second-order valence-electron chi connectivity index (χ2n) is 4.22. The van der Waals surface area contributed by atoms with E-state index in [0.29, 0.717) is 0 Å². The van der Waals surface area contributed by atoms with E-state index < -0.39 is 0 Å². The van der Waals surface area contributed by atoms with Gasteiger partial charge in [0.15, 0.2) is 0 Å². The lowest BCUT2D eigenvalue weighted by Crippen LogP contribution is -2.24. The highest BCUT2D eigenvalue weighted by atomic mass is 79.9. The summed E-state index contributed by atoms with van der Waals surface area (Å²) in [5, 5.41) is 1.05. The Kier molecular flexibility index (Phi) is 7.56. The zero-order valence-electron chi connectivity index (χ0n) is 9.90. The molecule has 0 fully saturated rings. The molecule has 0 radical (unpaired) electrons. The third-order valence-electron chi connectivity index (χ3n) is 2.26. The van der Waals surface area contributed by atoms with Crippen LogP contribution in [0.4, 0.5) is 0 Å². The minimum atomic E-state index is 0.0260. The van der Waals surface area contributed by atoms with Gasteiger partial charge < -0.3 is 4.74 Å². The molecule has 0 rings (SSSR count). The lowest BCUT2D eigenvalue weighted by Gasteiger charge is -2.24. The quantitative estimate of drug-likeness (QED) is 0.491. The van der Waals surface area contributed by atoms with Gasteiger partial charge in [-0.1, -0.05) is 27.6 Å². The number of ether oxygens (including phenoxy) is 1. The number of rotatable bonds is 7. The van der Waals surface area contributed by atoms with Crippen LogP contribution in [0.25, 0.3) is 0 Å². The molecule has 0 spiro atoms. The third-order valence-corrected chi connectivity index (χ3v) is 2.72. The number of hydrogen-bond acceptors (Lipinski definition) is 1. The predicted octanol–water partition coefficient (Wildman–Crippen LogP) is 4.31. The molecule has 0 aromatic rings. The first-order chi connectivity index (χ1) is 6.52. The van der Waals surface area contributed by atoms with Crippen LogP contribution >= 0.6 is 15.9 Å². The van der Waals surface area contributed by atoms with Gasteiger partial charge in [-0.05, 0) is 47.0 Å². The van der Waals surface area contributed by atoms with Gasteiger partial charge in [-0.2, -0.15) is 0 Å². The Morgan fingerprint density at radius 3 is 2.57 bits per heavy atom. The van der Waals surface area contributed by atoms with Gasteiger partial charge in [0.2, 0.25) is 0 Å². The van der Waals surface area contributed by atoms with Crippen molar-refractivity contribution in [1.29, 1.82) is 0 Å². The molecule has 0 aromatic heterocycles. The van der Waals surface area contributed by atoms with Crippen LogP contribution in [0, 0.1) is 0 Å². The van der Waals surface area contributed by atoms with E-state index in [1.165, 1.54) is 5.57 Å². The number of halogens is 1. The lowest BCUT2D eigenvalue weighted by atomic mass is 9.99. The molecule has 0 aliphatic heterocycles. The Balaban J connectivity index is 3.80. The lowest BCUT2D eigenvalue weighted by molar-refractivity contribution is -0.0158. The minimum absolute atomic E-state index is 0.0260. The molecule has 0 bridgehead atoms. The summed E-state index contributed by atoms with van der Waals surface area (Å²) >= 11 is 3.42. The molecule has 14 heavy (non-hydrogen) atoms. The number of hydrogen-bond donors (Lipinski definition) is 0. The molecule has 0 saturated carbocycles. The molecule has 0 amide bonds. The first-order valence-electron chi connectivity index (χ1n) is 5.37. The molecule has 0 saturated heterocycles. The fourth-order valence-electron chi connectivity index (χ4n) is 1.36. The molecular weight excluding hydrogens is 240 g/mol. The normalized spacial score (nSPS) is 13.4. The summed E-state index contributed by atoms with van der Waals surface area (Å²) in [6.45, 7) is 9.37. The predicted molar refractivity (Wildman–Crippen MR) is 67.1 cm³/mol. The summed E-state index contributed by atoms with van der Waals surface area (Å²) in [4.78, 5) is 0. The topological polar surface area (TPSA) is 9.23 Å². The molecule has 2 heteroatoms. The third kappa shape index (κ3) is 7.57. The Bertz CT molecular complexity index is 173. The summed E-state index contributed by atoms with van der Waals surface area (Å²) in [5.41, 5.74) is 1.50. The van der Waals surface area contributed by atoms with Crippen molar-refractivity contribution in [3.8, 4) is 0 Å². The van der Waals surface area contributed by atoms with E-state index in [-0.39, 0.29) is 5.60 Å². The SMILES string of the molecule is CCOC(C)(C)CC/C(C)=C/CCBr. The summed E-state index contributed by atoms with van der Waals surface area (Å²) in [6, 6.07) is 0. The van der Waals surface area contributed by atoms with Gasteiger partial charge in [-0.3, -0.25) is 0 Å². The van der Waals surface area contributed by atoms with Crippen LogP contribution in [-0.4, -0.2) is 17.5 Å². The molecule has 0 N–H and O–H groups in total. The van der Waals surface area contributed by atoms with Crippen molar-refractivity contribution in [2.75, 3.05) is 11.9 Å². The Morgan fingerprint density at radius 1 is 1.43 bits per heavy atom. The fraction of sp³-hybridized carbons (Fsp3) is 0.833. The standard InChI is InChI=1S/C12H23BrO/c1-5-14-12(3,4)9-8-11(2)7-6-10-13/h7H,5-6,8-10H2,1-4H3/b11-7+. The molecule has 0 unspecified atom stereocenters. The van der Waals surface area contributed by atoms with Crippen molar-refractivity contribution in [3.05, 3.63) is 11.6 Å². The fourth-order valence-corrected chi connectivity index (χ4v) is 1.59. The maximum atomic E-state index is 5.65. The van der Waals surface area contributed by atoms with Crippen molar-refractivity contribution in [2.45, 2.75) is 52.6 Å². The average molecular weight is 263 g/mol. The Morgan fingerprint density at radius 2 is 2.07 bits per heavy atom. The van der Waals surface area contributed by atoms with E-state index in [2.05, 4.69) is 49.7 Å². The average Bonchev–Trinajstić information content (AvgIpc) is 2.11. The van der Waals surface area contributed by atoms with E-state index in [1.807, 2.05) is 0 Å². The second-order valence-corrected chi connectivity index (χ2v) is 5.01. The van der Waals surface area contributed by atoms with Gasteiger partial charge >= 0.3 is 0 Å². The highest BCUT2D eigenvalue weighted by molar-refractivity contribution is 9.09. The molecule has 84 valence electrons. The molecule has 0 aromatic carbocycles. The van der Waals surface area contributed by atoms with E-state index in [9.17, 15) is 0 Å². The van der Waals surface area contributed by atoms with Crippen LogP contribution in [0.15, 0.2) is 11.6 Å². The number of allylic oxidation sites excluding steroid dienone is 2. The van der Waals surface area contributed by atoms with E-state index >= 15 is 0 Å². The highest BCUT2D eigenvalue weighted by Crippen LogP contribution is 2.19. The van der Waals surface area contributed by atoms with Crippen LogP contribution in [0.3, 0.4) is 0 Å². The van der Waals surface area contributed by atoms with E-state index in [0.717, 1.165) is 31.2 Å². The zero-order chi connectivity index (χ0) is 11.0. The monoisotopic (exact) mass is 262 g/mol. The Labute approximate surface area is 97.0 Å². The zero-order valence-corrected chi connectivity index (χ0v) is 11.5. The summed E-state index contributed by atoms with van der Waals surface area (Å²) < 4.78 is 5.65. The van der Waals surface area contributed by atoms with E-state index in [4.69, 9.17) is 4.74 Å². The number of alkyl halides is 1. The maximum Gasteiger partial charge on any atom is 0.0629 e. The van der Waals surface area contributed by atoms with Crippen LogP contribution in [0.5, 0.6) is 0 Å². The largest absolute Gasteiger partial charge is 0.376 e.